The number of methoxy groups -OCH3 is 1. The molecule has 12 heteroatoms. The van der Waals surface area contributed by atoms with Crippen LogP contribution < -0.4 is 4.74 Å². The summed E-state index contributed by atoms with van der Waals surface area (Å²) in [6, 6.07) is 8.09. The third-order valence-electron chi connectivity index (χ3n) is 8.01. The molecule has 1 saturated carbocycles. The van der Waals surface area contributed by atoms with Gasteiger partial charge in [0.2, 0.25) is 0 Å². The fraction of sp³-hybridized carbons (Fsp3) is 0.387. The van der Waals surface area contributed by atoms with Crippen LogP contribution in [0.3, 0.4) is 0 Å². The number of hydrogen-bond acceptors (Lipinski definition) is 3. The van der Waals surface area contributed by atoms with Gasteiger partial charge in [0.25, 0.3) is 6.43 Å². The van der Waals surface area contributed by atoms with Gasteiger partial charge >= 0.3 is 12.4 Å². The number of oxime groups is 1. The molecule has 43 heavy (non-hydrogen) atoms. The number of nitrogens with zero attached hydrogens (tertiary/aromatic N) is 1. The van der Waals surface area contributed by atoms with Crippen LogP contribution in [-0.2, 0) is 17.2 Å². The number of hydrogen-bond donors (Lipinski definition) is 0. The Morgan fingerprint density at radius 1 is 0.860 bits per heavy atom. The van der Waals surface area contributed by atoms with Crippen LogP contribution in [0.25, 0.3) is 11.1 Å². The van der Waals surface area contributed by atoms with Gasteiger partial charge in [0.05, 0.1) is 23.9 Å². The summed E-state index contributed by atoms with van der Waals surface area (Å²) in [5, 5.41) is 4.08. The van der Waals surface area contributed by atoms with Crippen LogP contribution in [0, 0.1) is 11.7 Å². The van der Waals surface area contributed by atoms with Crippen LogP contribution in [-0.4, -0.2) is 12.8 Å². The van der Waals surface area contributed by atoms with Crippen molar-refractivity contribution >= 4 is 5.71 Å². The summed E-state index contributed by atoms with van der Waals surface area (Å²) < 4.78 is 129. The highest BCUT2D eigenvalue weighted by Gasteiger charge is 2.47. The van der Waals surface area contributed by atoms with Crippen molar-refractivity contribution in [2.24, 2.45) is 11.1 Å². The van der Waals surface area contributed by atoms with E-state index in [1.54, 1.807) is 19.9 Å². The Labute approximate surface area is 241 Å². The Morgan fingerprint density at radius 3 is 2.07 bits per heavy atom. The summed E-state index contributed by atoms with van der Waals surface area (Å²) in [6.07, 6.45) is -13.6. The Kier molecular flexibility index (Phi) is 7.93. The molecule has 3 nitrogen and oxygen atoms in total. The molecular weight excluding hydrogens is 589 g/mol. The molecule has 0 N–H and O–H groups in total. The van der Waals surface area contributed by atoms with Crippen molar-refractivity contribution in [1.29, 1.82) is 0 Å². The molecule has 1 heterocycles. The van der Waals surface area contributed by atoms with E-state index >= 15 is 0 Å². The average Bonchev–Trinajstić information content (AvgIpc) is 3.53. The Balaban J connectivity index is 1.59. The van der Waals surface area contributed by atoms with Gasteiger partial charge in [-0.3, -0.25) is 0 Å². The van der Waals surface area contributed by atoms with Gasteiger partial charge in [-0.25, -0.2) is 13.2 Å². The Bertz CT molecular complexity index is 1530. The van der Waals surface area contributed by atoms with E-state index in [4.69, 9.17) is 9.57 Å². The summed E-state index contributed by atoms with van der Waals surface area (Å²) in [7, 11) is 1.34. The number of fused-ring (bicyclic) bond motifs is 1. The molecule has 1 aliphatic heterocycles. The second-order valence-corrected chi connectivity index (χ2v) is 11.0. The second-order valence-electron chi connectivity index (χ2n) is 11.0. The maximum atomic E-state index is 14.8. The summed E-state index contributed by atoms with van der Waals surface area (Å²) in [5.74, 6) is -1.90. The highest BCUT2D eigenvalue weighted by atomic mass is 19.4. The van der Waals surface area contributed by atoms with Crippen molar-refractivity contribution in [3.8, 4) is 16.9 Å². The van der Waals surface area contributed by atoms with Gasteiger partial charge in [0.15, 0.2) is 6.10 Å². The third-order valence-corrected chi connectivity index (χ3v) is 8.01. The minimum Gasteiger partial charge on any atom is -0.496 e. The summed E-state index contributed by atoms with van der Waals surface area (Å²) in [4.78, 5) is 5.46. The molecule has 0 spiro atoms. The van der Waals surface area contributed by atoms with Gasteiger partial charge in [-0.2, -0.15) is 26.3 Å². The molecular formula is C31H26F9NO2. The smallest absolute Gasteiger partial charge is 0.416 e. The van der Waals surface area contributed by atoms with Crippen molar-refractivity contribution in [2.45, 2.75) is 63.4 Å². The number of halogens is 9. The second kappa shape index (κ2) is 11.1. The quantitative estimate of drug-likeness (QED) is 0.259. The molecule has 1 fully saturated rings. The predicted molar refractivity (Wildman–Crippen MR) is 141 cm³/mol. The van der Waals surface area contributed by atoms with Gasteiger partial charge in [0, 0.05) is 29.0 Å². The lowest BCUT2D eigenvalue weighted by atomic mass is 9.84. The molecule has 3 aromatic rings. The fourth-order valence-electron chi connectivity index (χ4n) is 5.92. The lowest BCUT2D eigenvalue weighted by molar-refractivity contribution is -0.143. The van der Waals surface area contributed by atoms with E-state index in [-0.39, 0.29) is 35.3 Å². The van der Waals surface area contributed by atoms with Gasteiger partial charge in [0.1, 0.15) is 11.6 Å². The molecule has 0 radical (unpaired) electrons. The molecule has 3 unspecified atom stereocenters. The topological polar surface area (TPSA) is 30.8 Å². The molecule has 0 aromatic heterocycles. The average molecular weight is 616 g/mol. The van der Waals surface area contributed by atoms with E-state index in [0.717, 1.165) is 0 Å². The van der Waals surface area contributed by atoms with Gasteiger partial charge in [-0.15, -0.1) is 0 Å². The lowest BCUT2D eigenvalue weighted by Crippen LogP contribution is -2.18. The normalized spacial score (nSPS) is 20.4. The monoisotopic (exact) mass is 615 g/mol. The van der Waals surface area contributed by atoms with E-state index in [9.17, 15) is 39.5 Å². The van der Waals surface area contributed by atoms with E-state index in [1.807, 2.05) is 0 Å². The lowest BCUT2D eigenvalue weighted by Gasteiger charge is -2.21. The zero-order valence-electron chi connectivity index (χ0n) is 23.1. The highest BCUT2D eigenvalue weighted by Crippen LogP contribution is 2.51. The molecule has 0 saturated heterocycles. The first-order valence-corrected chi connectivity index (χ1v) is 13.4. The minimum atomic E-state index is -5.04. The van der Waals surface area contributed by atoms with Crippen LogP contribution in [0.4, 0.5) is 39.5 Å². The number of rotatable bonds is 6. The standard InChI is InChI=1S/C31H26F9NO2/c1-14(2)22-12-24(26(42-3)13-25(22)32)19-5-4-15(29(33)34)10-23(19)20-6-7-21-27(20)41-43-28(21)16-8-17(30(35,36)37)11-18(9-16)31(38,39)40/h4-5,8-14,20-21,28-29H,6-7H2,1-3H3. The molecule has 5 rings (SSSR count). The first-order valence-electron chi connectivity index (χ1n) is 13.4. The fourth-order valence-corrected chi connectivity index (χ4v) is 5.92. The van der Waals surface area contributed by atoms with E-state index < -0.39 is 53.7 Å². The maximum Gasteiger partial charge on any atom is 0.416 e. The molecule has 3 aromatic carbocycles. The van der Waals surface area contributed by atoms with Crippen LogP contribution in [0.5, 0.6) is 5.75 Å². The summed E-state index contributed by atoms with van der Waals surface area (Å²) in [5.41, 5.74) is -1.59. The summed E-state index contributed by atoms with van der Waals surface area (Å²) in [6.45, 7) is 3.58. The van der Waals surface area contributed by atoms with Crippen LogP contribution in [0.2, 0.25) is 0 Å². The van der Waals surface area contributed by atoms with Gasteiger partial charge < -0.3 is 9.57 Å². The van der Waals surface area contributed by atoms with Gasteiger partial charge in [-0.1, -0.05) is 31.1 Å². The zero-order chi connectivity index (χ0) is 31.4. The zero-order valence-corrected chi connectivity index (χ0v) is 23.1. The maximum absolute atomic E-state index is 14.8. The molecule has 0 amide bonds. The molecule has 1 aliphatic carbocycles. The van der Waals surface area contributed by atoms with Crippen molar-refractivity contribution in [1.82, 2.24) is 0 Å². The largest absolute Gasteiger partial charge is 0.496 e. The highest BCUT2D eigenvalue weighted by molar-refractivity contribution is 5.97. The predicted octanol–water partition coefficient (Wildman–Crippen LogP) is 10.2. The van der Waals surface area contributed by atoms with Crippen molar-refractivity contribution in [2.75, 3.05) is 7.11 Å². The SMILES string of the molecule is COc1cc(F)c(C(C)C)cc1-c1ccc(C(F)F)cc1C1CCC2C1=NOC2c1cc(C(F)(F)F)cc(C(F)(F)F)c1. The van der Waals surface area contributed by atoms with Crippen molar-refractivity contribution in [3.05, 3.63) is 87.7 Å². The van der Waals surface area contributed by atoms with Crippen LogP contribution in [0.15, 0.2) is 53.7 Å². The number of benzene rings is 3. The molecule has 3 atom stereocenters. The number of alkyl halides is 8. The van der Waals surface area contributed by atoms with E-state index in [1.165, 1.54) is 31.4 Å². The van der Waals surface area contributed by atoms with E-state index in [0.29, 0.717) is 46.5 Å². The minimum absolute atomic E-state index is 0.0429. The third kappa shape index (κ3) is 5.80. The van der Waals surface area contributed by atoms with Crippen molar-refractivity contribution < 1.29 is 49.1 Å². The van der Waals surface area contributed by atoms with Gasteiger partial charge in [-0.05, 0) is 71.3 Å². The first-order chi connectivity index (χ1) is 20.1. The van der Waals surface area contributed by atoms with Crippen LogP contribution in [0.1, 0.15) is 84.4 Å². The first kappa shape index (κ1) is 30.7. The van der Waals surface area contributed by atoms with E-state index in [2.05, 4.69) is 5.16 Å². The molecule has 2 aliphatic rings. The Morgan fingerprint density at radius 2 is 1.51 bits per heavy atom. The molecule has 0 bridgehead atoms. The van der Waals surface area contributed by atoms with Crippen molar-refractivity contribution in [3.63, 3.8) is 0 Å². The molecule has 230 valence electrons. The number of ether oxygens (including phenoxy) is 1. The Hall–Kier alpha value is -3.70. The van der Waals surface area contributed by atoms with Crippen LogP contribution >= 0.6 is 0 Å². The summed E-state index contributed by atoms with van der Waals surface area (Å²) >= 11 is 0.